The molecule has 0 bridgehead atoms. The summed E-state index contributed by atoms with van der Waals surface area (Å²) < 4.78 is 0. The molecule has 0 spiro atoms. The molecule has 0 saturated carbocycles. The molecule has 3 N–H and O–H groups in total. The van der Waals surface area contributed by atoms with Crippen molar-refractivity contribution in [2.75, 3.05) is 5.32 Å². The average molecular weight is 460 g/mol. The normalized spacial score (nSPS) is 18.4. The van der Waals surface area contributed by atoms with Gasteiger partial charge in [-0.15, -0.1) is 11.8 Å². The molecule has 3 atom stereocenters. The van der Waals surface area contributed by atoms with E-state index >= 15 is 0 Å². The second-order valence-electron chi connectivity index (χ2n) is 7.92. The summed E-state index contributed by atoms with van der Waals surface area (Å²) in [7, 11) is 0. The highest BCUT2D eigenvalue weighted by molar-refractivity contribution is 7.99. The monoisotopic (exact) mass is 459 g/mol. The summed E-state index contributed by atoms with van der Waals surface area (Å²) in [6.07, 6.45) is 0.0569. The third-order valence-corrected chi connectivity index (χ3v) is 7.09. The molecule has 168 valence electrons. The van der Waals surface area contributed by atoms with E-state index in [0.717, 1.165) is 16.0 Å². The van der Waals surface area contributed by atoms with Gasteiger partial charge >= 0.3 is 0 Å². The molecule has 3 aromatic carbocycles. The van der Waals surface area contributed by atoms with Crippen molar-refractivity contribution in [3.8, 4) is 0 Å². The lowest BCUT2D eigenvalue weighted by atomic mass is 9.99. The molecule has 1 aliphatic rings. The van der Waals surface area contributed by atoms with Crippen LogP contribution < -0.4 is 11.1 Å². The number of hydrogen-bond acceptors (Lipinski definition) is 4. The summed E-state index contributed by atoms with van der Waals surface area (Å²) in [6.45, 7) is 1.57. The Kier molecular flexibility index (Phi) is 6.79. The van der Waals surface area contributed by atoms with E-state index in [1.165, 1.54) is 16.7 Å². The molecule has 4 rings (SSSR count). The number of carbonyl (C=O) groups is 3. The lowest BCUT2D eigenvalue weighted by Gasteiger charge is -2.37. The molecule has 0 unspecified atom stereocenters. The zero-order valence-corrected chi connectivity index (χ0v) is 19.0. The van der Waals surface area contributed by atoms with Crippen LogP contribution in [0.15, 0.2) is 89.8 Å². The fraction of sp³-hybridized carbons (Fsp3) is 0.192. The third kappa shape index (κ3) is 4.93. The first-order chi connectivity index (χ1) is 16.0. The number of nitrogens with zero attached hydrogens (tertiary/aromatic N) is 1. The molecule has 3 amide bonds. The number of rotatable bonds is 6. The van der Waals surface area contributed by atoms with Gasteiger partial charge in [0.25, 0.3) is 0 Å². The smallest absolute Gasteiger partial charge is 0.248 e. The first kappa shape index (κ1) is 22.6. The number of fused-ring (bicyclic) bond motifs is 1. The largest absolute Gasteiger partial charge is 0.368 e. The van der Waals surface area contributed by atoms with Crippen molar-refractivity contribution < 1.29 is 14.4 Å². The molecule has 6 nitrogen and oxygen atoms in total. The minimum Gasteiger partial charge on any atom is -0.368 e. The number of hydrogen-bond donors (Lipinski definition) is 2. The zero-order chi connectivity index (χ0) is 23.4. The van der Waals surface area contributed by atoms with Gasteiger partial charge in [0.2, 0.25) is 17.7 Å². The van der Waals surface area contributed by atoms with Crippen molar-refractivity contribution in [3.63, 3.8) is 0 Å². The number of carbonyl (C=O) groups excluding carboxylic acids is 3. The Labute approximate surface area is 197 Å². The van der Waals surface area contributed by atoms with Crippen molar-refractivity contribution >= 4 is 35.2 Å². The van der Waals surface area contributed by atoms with Crippen LogP contribution in [-0.2, 0) is 20.8 Å². The molecule has 0 fully saturated rings. The Hall–Kier alpha value is -3.58. The topological polar surface area (TPSA) is 92.5 Å². The predicted molar refractivity (Wildman–Crippen MR) is 130 cm³/mol. The van der Waals surface area contributed by atoms with Crippen LogP contribution in [0.4, 0.5) is 5.69 Å². The Balaban J connectivity index is 1.80. The summed E-state index contributed by atoms with van der Waals surface area (Å²) in [5, 5.41) is 2.53. The minimum absolute atomic E-state index is 0.0569. The second-order valence-corrected chi connectivity index (χ2v) is 9.10. The number of benzene rings is 3. The van der Waals surface area contributed by atoms with Gasteiger partial charge in [0.05, 0.1) is 17.4 Å². The second kappa shape index (κ2) is 9.92. The van der Waals surface area contributed by atoms with Crippen molar-refractivity contribution in [1.82, 2.24) is 4.90 Å². The molecule has 1 heterocycles. The minimum atomic E-state index is -0.968. The van der Waals surface area contributed by atoms with Gasteiger partial charge in [0.1, 0.15) is 12.1 Å². The van der Waals surface area contributed by atoms with Crippen LogP contribution in [0.2, 0.25) is 0 Å². The summed E-state index contributed by atoms with van der Waals surface area (Å²) in [5.74, 6) is -1.35. The number of primary amides is 1. The van der Waals surface area contributed by atoms with Crippen molar-refractivity contribution in [2.24, 2.45) is 5.73 Å². The van der Waals surface area contributed by atoms with Gasteiger partial charge < -0.3 is 16.0 Å². The molecule has 1 aliphatic heterocycles. The van der Waals surface area contributed by atoms with E-state index in [-0.39, 0.29) is 18.2 Å². The van der Waals surface area contributed by atoms with E-state index in [9.17, 15) is 14.4 Å². The molecule has 33 heavy (non-hydrogen) atoms. The summed E-state index contributed by atoms with van der Waals surface area (Å²) in [4.78, 5) is 41.7. The van der Waals surface area contributed by atoms with E-state index in [0.29, 0.717) is 5.69 Å². The van der Waals surface area contributed by atoms with E-state index in [2.05, 4.69) is 5.32 Å². The Bertz CT molecular complexity index is 1150. The van der Waals surface area contributed by atoms with Gasteiger partial charge in [-0.1, -0.05) is 72.8 Å². The first-order valence-electron chi connectivity index (χ1n) is 10.7. The SMILES string of the molecule is C[C@@H](C(N)=O)N(C(=O)Cc1ccccc1)[C@@H]1C(=O)Nc2ccccc2S[C@@H]1c1ccccc1. The van der Waals surface area contributed by atoms with Crippen molar-refractivity contribution in [1.29, 1.82) is 0 Å². The summed E-state index contributed by atoms with van der Waals surface area (Å²) >= 11 is 1.49. The Morgan fingerprint density at radius 1 is 0.970 bits per heavy atom. The Morgan fingerprint density at radius 3 is 2.24 bits per heavy atom. The fourth-order valence-corrected chi connectivity index (χ4v) is 5.35. The van der Waals surface area contributed by atoms with Gasteiger partial charge in [-0.05, 0) is 30.2 Å². The third-order valence-electron chi connectivity index (χ3n) is 5.70. The van der Waals surface area contributed by atoms with Gasteiger partial charge in [0.15, 0.2) is 0 Å². The molecular weight excluding hydrogens is 434 g/mol. The molecule has 7 heteroatoms. The quantitative estimate of drug-likeness (QED) is 0.587. The van der Waals surface area contributed by atoms with Crippen LogP contribution >= 0.6 is 11.8 Å². The maximum Gasteiger partial charge on any atom is 0.248 e. The fourth-order valence-electron chi connectivity index (χ4n) is 3.99. The summed E-state index contributed by atoms with van der Waals surface area (Å²) in [5.41, 5.74) is 8.01. The number of amides is 3. The van der Waals surface area contributed by atoms with Crippen LogP contribution in [0.3, 0.4) is 0 Å². The van der Waals surface area contributed by atoms with Crippen molar-refractivity contribution in [3.05, 3.63) is 96.1 Å². The highest BCUT2D eigenvalue weighted by Gasteiger charge is 2.43. The van der Waals surface area contributed by atoms with Gasteiger partial charge in [-0.2, -0.15) is 0 Å². The number of para-hydroxylation sites is 1. The maximum atomic E-state index is 13.6. The summed E-state index contributed by atoms with van der Waals surface area (Å²) in [6, 6.07) is 24.4. The molecule has 0 aliphatic carbocycles. The number of nitrogens with one attached hydrogen (secondary N) is 1. The Morgan fingerprint density at radius 2 is 1.58 bits per heavy atom. The van der Waals surface area contributed by atoms with Crippen LogP contribution in [-0.4, -0.2) is 34.7 Å². The van der Waals surface area contributed by atoms with E-state index in [1.807, 2.05) is 84.9 Å². The molecule has 0 radical (unpaired) electrons. The molecule has 0 aromatic heterocycles. The van der Waals surface area contributed by atoms with Crippen LogP contribution in [0, 0.1) is 0 Å². The molecule has 0 saturated heterocycles. The van der Waals surface area contributed by atoms with Gasteiger partial charge in [-0.3, -0.25) is 14.4 Å². The highest BCUT2D eigenvalue weighted by atomic mass is 32.2. The van der Waals surface area contributed by atoms with Gasteiger partial charge in [0, 0.05) is 4.90 Å². The standard InChI is InChI=1S/C26H25N3O3S/c1-17(25(27)31)29(22(30)16-18-10-4-2-5-11-18)23-24(19-12-6-3-7-13-19)33-21-15-9-8-14-20(21)28-26(23)32/h2-15,17,23-24H,16H2,1H3,(H2,27,31)(H,28,32)/t17-,23-,24+/m0/s1. The van der Waals surface area contributed by atoms with E-state index < -0.39 is 23.2 Å². The van der Waals surface area contributed by atoms with E-state index in [4.69, 9.17) is 5.73 Å². The lowest BCUT2D eigenvalue weighted by Crippen LogP contribution is -2.57. The number of thioether (sulfide) groups is 1. The molecule has 3 aromatic rings. The van der Waals surface area contributed by atoms with Crippen LogP contribution in [0.1, 0.15) is 23.3 Å². The van der Waals surface area contributed by atoms with Crippen LogP contribution in [0.25, 0.3) is 0 Å². The molecular formula is C26H25N3O3S. The number of nitrogens with two attached hydrogens (primary N) is 1. The lowest BCUT2D eigenvalue weighted by molar-refractivity contribution is -0.144. The first-order valence-corrected chi connectivity index (χ1v) is 11.6. The maximum absolute atomic E-state index is 13.6. The zero-order valence-electron chi connectivity index (χ0n) is 18.2. The highest BCUT2D eigenvalue weighted by Crippen LogP contribution is 2.45. The van der Waals surface area contributed by atoms with Crippen LogP contribution in [0.5, 0.6) is 0 Å². The predicted octanol–water partition coefficient (Wildman–Crippen LogP) is 3.79. The average Bonchev–Trinajstić information content (AvgIpc) is 2.97. The number of anilines is 1. The van der Waals surface area contributed by atoms with Crippen molar-refractivity contribution in [2.45, 2.75) is 35.6 Å². The van der Waals surface area contributed by atoms with E-state index in [1.54, 1.807) is 6.92 Å². The van der Waals surface area contributed by atoms with Gasteiger partial charge in [-0.25, -0.2) is 0 Å².